The third-order valence-electron chi connectivity index (χ3n) is 7.15. The fourth-order valence-electron chi connectivity index (χ4n) is 5.33. The summed E-state index contributed by atoms with van der Waals surface area (Å²) < 4.78 is 5.46. The Kier molecular flexibility index (Phi) is 10.1. The van der Waals surface area contributed by atoms with E-state index < -0.39 is 0 Å². The summed E-state index contributed by atoms with van der Waals surface area (Å²) in [6, 6.07) is 4.74. The molecule has 1 aromatic heterocycles. The summed E-state index contributed by atoms with van der Waals surface area (Å²) >= 11 is 0. The number of furan rings is 1. The molecule has 0 spiro atoms. The molecule has 8 heteroatoms. The summed E-state index contributed by atoms with van der Waals surface area (Å²) in [4.78, 5) is 22.3. The number of rotatable bonds is 8. The molecule has 4 rings (SSSR count). The third kappa shape index (κ3) is 6.85. The Bertz CT molecular complexity index is 720. The summed E-state index contributed by atoms with van der Waals surface area (Å²) in [7, 11) is 0. The molecule has 1 saturated carbocycles. The maximum absolute atomic E-state index is 12.8. The fraction of sp³-hybridized carbons (Fsp3) is 0.750. The lowest BCUT2D eigenvalue weighted by atomic mass is 10.1. The molecule has 2 unspecified atom stereocenters. The van der Waals surface area contributed by atoms with Crippen LogP contribution in [-0.4, -0.2) is 73.0 Å². The van der Waals surface area contributed by atoms with Gasteiger partial charge in [-0.25, -0.2) is 0 Å². The first-order valence-electron chi connectivity index (χ1n) is 12.3. The molecule has 2 saturated heterocycles. The smallest absolute Gasteiger partial charge is 0.225 e. The molecule has 2 aliphatic heterocycles. The van der Waals surface area contributed by atoms with Crippen LogP contribution in [0.15, 0.2) is 27.8 Å². The fourth-order valence-corrected chi connectivity index (χ4v) is 5.33. The molecule has 0 bridgehead atoms. The normalized spacial score (nSPS) is 24.7. The summed E-state index contributed by atoms with van der Waals surface area (Å²) in [5.74, 6) is 2.49. The van der Waals surface area contributed by atoms with Gasteiger partial charge in [-0.05, 0) is 57.3 Å². The maximum atomic E-state index is 12.8. The van der Waals surface area contributed by atoms with Gasteiger partial charge in [-0.15, -0.1) is 24.0 Å². The number of carbonyl (C=O) groups excluding carboxylic acids is 1. The largest absolute Gasteiger partial charge is 0.469 e. The average molecular weight is 558 g/mol. The number of nitrogens with one attached hydrogen (secondary N) is 2. The topological polar surface area (TPSA) is 73.1 Å². The van der Waals surface area contributed by atoms with Crippen molar-refractivity contribution in [3.63, 3.8) is 0 Å². The molecular weight excluding hydrogens is 517 g/mol. The lowest BCUT2D eigenvalue weighted by Crippen LogP contribution is -2.46. The number of nitrogens with zero attached hydrogens (tertiary/aromatic N) is 3. The molecule has 0 aromatic carbocycles. The molecule has 1 aromatic rings. The number of hydrogen-bond acceptors (Lipinski definition) is 4. The van der Waals surface area contributed by atoms with Crippen molar-refractivity contribution in [3.8, 4) is 0 Å². The van der Waals surface area contributed by atoms with Gasteiger partial charge in [0.05, 0.1) is 12.8 Å². The predicted molar refractivity (Wildman–Crippen MR) is 138 cm³/mol. The van der Waals surface area contributed by atoms with Crippen LogP contribution in [0.5, 0.6) is 0 Å². The van der Waals surface area contributed by atoms with Crippen LogP contribution in [0, 0.1) is 5.92 Å². The number of amides is 1. The molecule has 3 heterocycles. The second kappa shape index (κ2) is 12.8. The minimum Gasteiger partial charge on any atom is -0.469 e. The number of likely N-dealkylation sites (tertiary alicyclic amines) is 2. The van der Waals surface area contributed by atoms with Crippen molar-refractivity contribution in [2.75, 3.05) is 39.3 Å². The Labute approximate surface area is 209 Å². The minimum absolute atomic E-state index is 0. The van der Waals surface area contributed by atoms with Gasteiger partial charge in [-0.1, -0.05) is 19.8 Å². The van der Waals surface area contributed by atoms with Gasteiger partial charge in [0.1, 0.15) is 5.76 Å². The summed E-state index contributed by atoms with van der Waals surface area (Å²) in [6.07, 6.45) is 10.6. The number of hydrogen-bond donors (Lipinski definition) is 2. The summed E-state index contributed by atoms with van der Waals surface area (Å²) in [6.45, 7) is 7.76. The van der Waals surface area contributed by atoms with Crippen LogP contribution >= 0.6 is 24.0 Å². The van der Waals surface area contributed by atoms with Gasteiger partial charge in [-0.2, -0.15) is 0 Å². The number of guanidine groups is 1. The quantitative estimate of drug-likeness (QED) is 0.292. The highest BCUT2D eigenvalue weighted by molar-refractivity contribution is 14.0. The minimum atomic E-state index is 0. The molecular formula is C24H40IN5O2. The average Bonchev–Trinajstić information content (AvgIpc) is 3.58. The zero-order valence-electron chi connectivity index (χ0n) is 19.4. The van der Waals surface area contributed by atoms with Gasteiger partial charge in [0.25, 0.3) is 0 Å². The van der Waals surface area contributed by atoms with E-state index in [1.54, 1.807) is 6.26 Å². The van der Waals surface area contributed by atoms with Gasteiger partial charge in [0, 0.05) is 44.1 Å². The van der Waals surface area contributed by atoms with Gasteiger partial charge >= 0.3 is 0 Å². The van der Waals surface area contributed by atoms with E-state index in [9.17, 15) is 4.79 Å². The highest BCUT2D eigenvalue weighted by Gasteiger charge is 2.32. The summed E-state index contributed by atoms with van der Waals surface area (Å²) in [5, 5.41) is 7.12. The van der Waals surface area contributed by atoms with Crippen molar-refractivity contribution >= 4 is 35.8 Å². The molecule has 1 amide bonds. The predicted octanol–water partition coefficient (Wildman–Crippen LogP) is 3.25. The first-order chi connectivity index (χ1) is 15.2. The van der Waals surface area contributed by atoms with Crippen molar-refractivity contribution in [1.82, 2.24) is 20.4 Å². The first-order valence-corrected chi connectivity index (χ1v) is 12.3. The molecule has 3 aliphatic rings. The van der Waals surface area contributed by atoms with Gasteiger partial charge in [-0.3, -0.25) is 14.7 Å². The van der Waals surface area contributed by atoms with Gasteiger partial charge in [0.2, 0.25) is 5.91 Å². The van der Waals surface area contributed by atoms with Crippen LogP contribution in [0.2, 0.25) is 0 Å². The number of carbonyl (C=O) groups is 1. The number of halogens is 1. The summed E-state index contributed by atoms with van der Waals surface area (Å²) in [5.41, 5.74) is 0. The van der Waals surface area contributed by atoms with Crippen molar-refractivity contribution in [3.05, 3.63) is 24.2 Å². The van der Waals surface area contributed by atoms with Crippen LogP contribution in [0.3, 0.4) is 0 Å². The van der Waals surface area contributed by atoms with E-state index in [0.717, 1.165) is 70.1 Å². The van der Waals surface area contributed by atoms with Crippen LogP contribution < -0.4 is 10.6 Å². The Morgan fingerprint density at radius 2 is 2.03 bits per heavy atom. The molecule has 180 valence electrons. The highest BCUT2D eigenvalue weighted by Crippen LogP contribution is 2.27. The van der Waals surface area contributed by atoms with E-state index in [1.165, 1.54) is 32.2 Å². The molecule has 1 aliphatic carbocycles. The monoisotopic (exact) mass is 557 g/mol. The Balaban J connectivity index is 0.00000289. The van der Waals surface area contributed by atoms with Crippen LogP contribution in [0.4, 0.5) is 0 Å². The number of aliphatic imine (C=N–C) groups is 1. The second-order valence-corrected chi connectivity index (χ2v) is 9.27. The van der Waals surface area contributed by atoms with Crippen LogP contribution in [0.25, 0.3) is 0 Å². The van der Waals surface area contributed by atoms with Gasteiger partial charge in [0.15, 0.2) is 5.96 Å². The molecule has 2 N–H and O–H groups in total. The van der Waals surface area contributed by atoms with Crippen molar-refractivity contribution < 1.29 is 9.21 Å². The van der Waals surface area contributed by atoms with E-state index in [1.807, 2.05) is 12.1 Å². The lowest BCUT2D eigenvalue weighted by Gasteiger charge is -2.23. The third-order valence-corrected chi connectivity index (χ3v) is 7.15. The van der Waals surface area contributed by atoms with Gasteiger partial charge < -0.3 is 20.0 Å². The Morgan fingerprint density at radius 1 is 1.19 bits per heavy atom. The van der Waals surface area contributed by atoms with E-state index >= 15 is 0 Å². The molecule has 0 radical (unpaired) electrons. The van der Waals surface area contributed by atoms with Crippen molar-refractivity contribution in [2.45, 2.75) is 70.4 Å². The zero-order chi connectivity index (χ0) is 21.5. The Hall–Kier alpha value is -1.29. The SMILES string of the molecule is CCN1CCCC1CN=C(NCCc1ccco1)NC1CCN(C(=O)C2CCCC2)C1.I. The van der Waals surface area contributed by atoms with E-state index in [2.05, 4.69) is 27.4 Å². The molecule has 7 nitrogen and oxygen atoms in total. The Morgan fingerprint density at radius 3 is 2.78 bits per heavy atom. The van der Waals surface area contributed by atoms with Crippen molar-refractivity contribution in [1.29, 1.82) is 0 Å². The first kappa shape index (κ1) is 25.3. The maximum Gasteiger partial charge on any atom is 0.225 e. The second-order valence-electron chi connectivity index (χ2n) is 9.27. The van der Waals surface area contributed by atoms with E-state index in [-0.39, 0.29) is 35.9 Å². The van der Waals surface area contributed by atoms with E-state index in [4.69, 9.17) is 9.41 Å². The molecule has 3 fully saturated rings. The van der Waals surface area contributed by atoms with Crippen LogP contribution in [-0.2, 0) is 11.2 Å². The van der Waals surface area contributed by atoms with Crippen molar-refractivity contribution in [2.24, 2.45) is 10.9 Å². The molecule has 32 heavy (non-hydrogen) atoms. The standard InChI is InChI=1S/C24H39N5O2.HI/c1-2-28-14-5-9-21(28)17-26-24(25-13-11-22-10-6-16-31-22)27-20-12-15-29(18-20)23(30)19-7-3-4-8-19;/h6,10,16,19-21H,2-5,7-9,11-15,17-18H2,1H3,(H2,25,26,27);1H. The molecule has 2 atom stereocenters. The van der Waals surface area contributed by atoms with E-state index in [0.29, 0.717) is 11.9 Å². The lowest BCUT2D eigenvalue weighted by molar-refractivity contribution is -0.134. The zero-order valence-corrected chi connectivity index (χ0v) is 21.8. The highest BCUT2D eigenvalue weighted by atomic mass is 127. The van der Waals surface area contributed by atoms with Crippen LogP contribution in [0.1, 0.15) is 57.6 Å². The number of likely N-dealkylation sites (N-methyl/N-ethyl adjacent to an activating group) is 1.